The number of aromatic nitrogens is 1. The molecule has 70 valence electrons. The molecule has 2 nitrogen and oxygen atoms in total. The second kappa shape index (κ2) is 5.00. The van der Waals surface area contributed by atoms with Crippen LogP contribution in [0, 0.1) is 0 Å². The highest BCUT2D eigenvalue weighted by atomic mass is 35.5. The molecule has 1 heterocycles. The van der Waals surface area contributed by atoms with Crippen molar-refractivity contribution in [3.8, 4) is 0 Å². The van der Waals surface area contributed by atoms with Gasteiger partial charge in [0.1, 0.15) is 0 Å². The number of hydrogen-bond acceptors (Lipinski definition) is 2. The predicted octanol–water partition coefficient (Wildman–Crippen LogP) is 2.48. The molecule has 0 fully saturated rings. The Kier molecular flexibility index (Phi) is 3.93. The van der Waals surface area contributed by atoms with Gasteiger partial charge in [-0.15, -0.1) is 0 Å². The van der Waals surface area contributed by atoms with E-state index in [1.165, 1.54) is 5.56 Å². The smallest absolute Gasteiger partial charge is 0.0313 e. The van der Waals surface area contributed by atoms with Crippen molar-refractivity contribution in [2.45, 2.75) is 13.0 Å². The normalized spacial score (nSPS) is 12.5. The Morgan fingerprint density at radius 1 is 1.62 bits per heavy atom. The number of nitrogens with one attached hydrogen (secondary N) is 1. The van der Waals surface area contributed by atoms with Crippen LogP contribution in [0.1, 0.15) is 18.5 Å². The van der Waals surface area contributed by atoms with Gasteiger partial charge in [-0.3, -0.25) is 4.98 Å². The van der Waals surface area contributed by atoms with Crippen LogP contribution >= 0.6 is 11.6 Å². The van der Waals surface area contributed by atoms with Crippen molar-refractivity contribution in [3.05, 3.63) is 41.7 Å². The average Bonchev–Trinajstić information content (AvgIpc) is 2.15. The third-order valence-electron chi connectivity index (χ3n) is 1.81. The van der Waals surface area contributed by atoms with Crippen molar-refractivity contribution in [2.24, 2.45) is 0 Å². The number of halogens is 1. The molecule has 3 heteroatoms. The van der Waals surface area contributed by atoms with Gasteiger partial charge >= 0.3 is 0 Å². The highest BCUT2D eigenvalue weighted by Crippen LogP contribution is 2.10. The van der Waals surface area contributed by atoms with Crippen LogP contribution in [0.3, 0.4) is 0 Å². The maximum absolute atomic E-state index is 5.64. The zero-order valence-corrected chi connectivity index (χ0v) is 8.38. The largest absolute Gasteiger partial charge is 0.305 e. The van der Waals surface area contributed by atoms with Gasteiger partial charge < -0.3 is 5.32 Å². The van der Waals surface area contributed by atoms with E-state index in [2.05, 4.69) is 23.8 Å². The van der Waals surface area contributed by atoms with Crippen molar-refractivity contribution in [1.29, 1.82) is 0 Å². The van der Waals surface area contributed by atoms with Crippen molar-refractivity contribution >= 4 is 11.6 Å². The summed E-state index contributed by atoms with van der Waals surface area (Å²) in [4.78, 5) is 3.95. The van der Waals surface area contributed by atoms with Gasteiger partial charge in [0.2, 0.25) is 0 Å². The van der Waals surface area contributed by atoms with Crippen LogP contribution in [0.15, 0.2) is 36.1 Å². The summed E-state index contributed by atoms with van der Waals surface area (Å²) in [6.07, 6.45) is 3.56. The van der Waals surface area contributed by atoms with E-state index < -0.39 is 0 Å². The highest BCUT2D eigenvalue weighted by Gasteiger charge is 2.02. The first kappa shape index (κ1) is 10.2. The minimum atomic E-state index is 0.276. The Morgan fingerprint density at radius 3 is 2.77 bits per heavy atom. The van der Waals surface area contributed by atoms with E-state index in [-0.39, 0.29) is 6.04 Å². The molecule has 0 bridgehead atoms. The number of hydrogen-bond donors (Lipinski definition) is 1. The minimum Gasteiger partial charge on any atom is -0.305 e. The van der Waals surface area contributed by atoms with Crippen LogP contribution in [0.2, 0.25) is 0 Å². The molecule has 1 aromatic rings. The van der Waals surface area contributed by atoms with E-state index >= 15 is 0 Å². The fourth-order valence-electron chi connectivity index (χ4n) is 1.03. The van der Waals surface area contributed by atoms with Gasteiger partial charge in [0.25, 0.3) is 0 Å². The Hall–Kier alpha value is -0.860. The Bertz CT molecular complexity index is 272. The van der Waals surface area contributed by atoms with Gasteiger partial charge in [-0.2, -0.15) is 0 Å². The van der Waals surface area contributed by atoms with Crippen LogP contribution in [-0.2, 0) is 0 Å². The zero-order chi connectivity index (χ0) is 9.68. The Balaban J connectivity index is 2.49. The van der Waals surface area contributed by atoms with Crippen LogP contribution in [0.4, 0.5) is 0 Å². The SMILES string of the molecule is C=C(Cl)CN[C@H](C)c1ccncc1. The maximum atomic E-state index is 5.64. The monoisotopic (exact) mass is 196 g/mol. The summed E-state index contributed by atoms with van der Waals surface area (Å²) in [5.74, 6) is 0. The Labute approximate surface area is 83.6 Å². The van der Waals surface area contributed by atoms with Crippen molar-refractivity contribution in [2.75, 3.05) is 6.54 Å². The quantitative estimate of drug-likeness (QED) is 0.801. The van der Waals surface area contributed by atoms with Gasteiger partial charge in [-0.25, -0.2) is 0 Å². The molecule has 0 aromatic carbocycles. The first-order valence-electron chi connectivity index (χ1n) is 4.16. The van der Waals surface area contributed by atoms with E-state index in [1.54, 1.807) is 12.4 Å². The highest BCUT2D eigenvalue weighted by molar-refractivity contribution is 6.29. The van der Waals surface area contributed by atoms with Gasteiger partial charge in [-0.1, -0.05) is 18.2 Å². The van der Waals surface area contributed by atoms with E-state index in [1.807, 2.05) is 12.1 Å². The molecule has 13 heavy (non-hydrogen) atoms. The lowest BCUT2D eigenvalue weighted by atomic mass is 10.1. The molecule has 1 rings (SSSR count). The summed E-state index contributed by atoms with van der Waals surface area (Å²) >= 11 is 5.64. The number of nitrogens with zero attached hydrogens (tertiary/aromatic N) is 1. The van der Waals surface area contributed by atoms with Crippen LogP contribution in [0.5, 0.6) is 0 Å². The molecule has 0 aliphatic carbocycles. The molecule has 0 amide bonds. The van der Waals surface area contributed by atoms with Crippen LogP contribution in [0.25, 0.3) is 0 Å². The molecule has 0 spiro atoms. The molecule has 1 aromatic heterocycles. The van der Waals surface area contributed by atoms with Crippen molar-refractivity contribution < 1.29 is 0 Å². The summed E-state index contributed by atoms with van der Waals surface area (Å²) in [7, 11) is 0. The van der Waals surface area contributed by atoms with Gasteiger partial charge in [0.05, 0.1) is 0 Å². The molecule has 0 unspecified atom stereocenters. The van der Waals surface area contributed by atoms with Crippen molar-refractivity contribution in [1.82, 2.24) is 10.3 Å². The summed E-state index contributed by atoms with van der Waals surface area (Å²) in [6.45, 7) is 6.32. The van der Waals surface area contributed by atoms with E-state index in [9.17, 15) is 0 Å². The van der Waals surface area contributed by atoms with E-state index in [0.717, 1.165) is 0 Å². The molecule has 0 radical (unpaired) electrons. The molecule has 0 aliphatic rings. The minimum absolute atomic E-state index is 0.276. The standard InChI is InChI=1S/C10H13ClN2/c1-8(11)7-13-9(2)10-3-5-12-6-4-10/h3-6,9,13H,1,7H2,2H3/t9-/m1/s1. The summed E-state index contributed by atoms with van der Waals surface area (Å²) in [5, 5.41) is 3.86. The van der Waals surface area contributed by atoms with Crippen LogP contribution < -0.4 is 5.32 Å². The average molecular weight is 197 g/mol. The topological polar surface area (TPSA) is 24.9 Å². The van der Waals surface area contributed by atoms with E-state index in [0.29, 0.717) is 11.6 Å². The summed E-state index contributed by atoms with van der Waals surface area (Å²) in [5.41, 5.74) is 1.20. The van der Waals surface area contributed by atoms with E-state index in [4.69, 9.17) is 11.6 Å². The van der Waals surface area contributed by atoms with Crippen LogP contribution in [-0.4, -0.2) is 11.5 Å². The molecule has 1 atom stereocenters. The molecule has 1 N–H and O–H groups in total. The second-order valence-electron chi connectivity index (χ2n) is 2.90. The second-order valence-corrected chi connectivity index (χ2v) is 3.43. The molecule has 0 saturated heterocycles. The fraction of sp³-hybridized carbons (Fsp3) is 0.300. The predicted molar refractivity (Wildman–Crippen MR) is 55.6 cm³/mol. The lowest BCUT2D eigenvalue weighted by Crippen LogP contribution is -2.19. The first-order chi connectivity index (χ1) is 6.20. The van der Waals surface area contributed by atoms with Crippen molar-refractivity contribution in [3.63, 3.8) is 0 Å². The fourth-order valence-corrected chi connectivity index (χ4v) is 1.11. The summed E-state index contributed by atoms with van der Waals surface area (Å²) in [6, 6.07) is 4.24. The molecule has 0 saturated carbocycles. The zero-order valence-electron chi connectivity index (χ0n) is 7.63. The molecule has 0 aliphatic heterocycles. The van der Waals surface area contributed by atoms with Gasteiger partial charge in [0.15, 0.2) is 0 Å². The molecular formula is C10H13ClN2. The van der Waals surface area contributed by atoms with Gasteiger partial charge in [0, 0.05) is 30.0 Å². The molecular weight excluding hydrogens is 184 g/mol. The lowest BCUT2D eigenvalue weighted by Gasteiger charge is -2.12. The number of rotatable bonds is 4. The third kappa shape index (κ3) is 3.57. The maximum Gasteiger partial charge on any atom is 0.0313 e. The van der Waals surface area contributed by atoms with Gasteiger partial charge in [-0.05, 0) is 24.6 Å². The Morgan fingerprint density at radius 2 is 2.23 bits per heavy atom. The summed E-state index contributed by atoms with van der Waals surface area (Å²) < 4.78 is 0. The first-order valence-corrected chi connectivity index (χ1v) is 4.54. The lowest BCUT2D eigenvalue weighted by molar-refractivity contribution is 0.614. The third-order valence-corrected chi connectivity index (χ3v) is 1.94. The number of pyridine rings is 1.